The number of pyridine rings is 1. The molecule has 2 heterocycles. The van der Waals surface area contributed by atoms with Gasteiger partial charge in [-0.1, -0.05) is 42.1 Å². The van der Waals surface area contributed by atoms with E-state index in [1.54, 1.807) is 0 Å². The van der Waals surface area contributed by atoms with Gasteiger partial charge in [0.2, 0.25) is 5.91 Å². The number of amides is 1. The summed E-state index contributed by atoms with van der Waals surface area (Å²) in [6, 6.07) is 15.9. The molecule has 0 saturated carbocycles. The van der Waals surface area contributed by atoms with Crippen molar-refractivity contribution < 1.29 is 4.79 Å². The maximum atomic E-state index is 12.3. The van der Waals surface area contributed by atoms with Crippen LogP contribution in [-0.2, 0) is 4.79 Å². The summed E-state index contributed by atoms with van der Waals surface area (Å²) in [4.78, 5) is 12.3. The Hall–Kier alpha value is -2.86. The van der Waals surface area contributed by atoms with E-state index in [4.69, 9.17) is 0 Å². The van der Waals surface area contributed by atoms with Crippen molar-refractivity contribution in [3.05, 3.63) is 65.2 Å². The highest BCUT2D eigenvalue weighted by Gasteiger charge is 2.15. The van der Waals surface area contributed by atoms with Crippen molar-refractivity contribution in [3.8, 4) is 0 Å². The molecule has 0 radical (unpaired) electrons. The van der Waals surface area contributed by atoms with E-state index in [0.29, 0.717) is 0 Å². The number of para-hydroxylation sites is 1. The number of carbonyl (C=O) groups excluding carboxylic acids is 1. The molecule has 5 nitrogen and oxygen atoms in total. The van der Waals surface area contributed by atoms with E-state index in [9.17, 15) is 4.79 Å². The number of nitrogens with zero attached hydrogens (tertiary/aromatic N) is 3. The lowest BCUT2D eigenvalue weighted by Gasteiger charge is -2.11. The second-order valence-corrected chi connectivity index (χ2v) is 7.56. The molecule has 4 aromatic rings. The zero-order valence-corrected chi connectivity index (χ0v) is 16.3. The summed E-state index contributed by atoms with van der Waals surface area (Å²) in [5, 5.41) is 13.5. The quantitative estimate of drug-likeness (QED) is 0.531. The summed E-state index contributed by atoms with van der Waals surface area (Å²) >= 11 is 1.40. The van der Waals surface area contributed by atoms with Crippen molar-refractivity contribution in [3.63, 3.8) is 0 Å². The second kappa shape index (κ2) is 7.04. The van der Waals surface area contributed by atoms with Crippen LogP contribution < -0.4 is 5.32 Å². The number of carbonyl (C=O) groups is 1. The minimum absolute atomic E-state index is 0.0622. The first-order chi connectivity index (χ1) is 13.0. The number of benzene rings is 2. The van der Waals surface area contributed by atoms with Crippen LogP contribution in [0.25, 0.3) is 16.6 Å². The highest BCUT2D eigenvalue weighted by molar-refractivity contribution is 7.99. The Labute approximate surface area is 161 Å². The van der Waals surface area contributed by atoms with Gasteiger partial charge in [-0.25, -0.2) is 0 Å². The molecule has 6 heteroatoms. The maximum Gasteiger partial charge on any atom is 0.234 e. The van der Waals surface area contributed by atoms with E-state index in [-0.39, 0.29) is 11.7 Å². The Kier molecular flexibility index (Phi) is 4.58. The third kappa shape index (κ3) is 3.28. The standard InChI is InChI=1S/C21H20N4OS/c1-13-9-10-16-11-14(2)20-23-24-21(25(20)19(16)15(13)3)27-12-18(26)22-17-7-5-4-6-8-17/h4-11H,12H2,1-3H3,(H,22,26). The predicted octanol–water partition coefficient (Wildman–Crippen LogP) is 4.54. The van der Waals surface area contributed by atoms with E-state index >= 15 is 0 Å². The van der Waals surface area contributed by atoms with Gasteiger partial charge in [-0.05, 0) is 61.0 Å². The van der Waals surface area contributed by atoms with Crippen molar-refractivity contribution in [1.82, 2.24) is 14.6 Å². The number of hydrogen-bond donors (Lipinski definition) is 1. The number of nitrogens with one attached hydrogen (secondary N) is 1. The van der Waals surface area contributed by atoms with Gasteiger partial charge in [0.15, 0.2) is 10.8 Å². The van der Waals surface area contributed by atoms with Crippen LogP contribution in [0, 0.1) is 20.8 Å². The third-order valence-corrected chi connectivity index (χ3v) is 5.63. The van der Waals surface area contributed by atoms with E-state index < -0.39 is 0 Å². The molecule has 0 aliphatic rings. The summed E-state index contributed by atoms with van der Waals surface area (Å²) in [5.41, 5.74) is 6.22. The molecule has 1 amide bonds. The average molecular weight is 376 g/mol. The molecule has 0 unspecified atom stereocenters. The number of aromatic nitrogens is 3. The number of rotatable bonds is 4. The Morgan fingerprint density at radius 3 is 2.59 bits per heavy atom. The minimum Gasteiger partial charge on any atom is -0.325 e. The van der Waals surface area contributed by atoms with Crippen LogP contribution in [0.3, 0.4) is 0 Å². The van der Waals surface area contributed by atoms with Crippen LogP contribution in [0.2, 0.25) is 0 Å². The zero-order valence-electron chi connectivity index (χ0n) is 15.5. The van der Waals surface area contributed by atoms with Crippen molar-refractivity contribution >= 4 is 39.9 Å². The van der Waals surface area contributed by atoms with Gasteiger partial charge in [0.25, 0.3) is 0 Å². The molecule has 2 aromatic carbocycles. The third-order valence-electron chi connectivity index (χ3n) is 4.70. The lowest BCUT2D eigenvalue weighted by atomic mass is 10.0. The van der Waals surface area contributed by atoms with Crippen molar-refractivity contribution in [1.29, 1.82) is 0 Å². The lowest BCUT2D eigenvalue weighted by molar-refractivity contribution is -0.113. The number of hydrogen-bond acceptors (Lipinski definition) is 4. The Bertz CT molecular complexity index is 1150. The van der Waals surface area contributed by atoms with Gasteiger partial charge < -0.3 is 5.32 Å². The summed E-state index contributed by atoms with van der Waals surface area (Å²) < 4.78 is 2.08. The molecule has 0 fully saturated rings. The Balaban J connectivity index is 1.68. The summed E-state index contributed by atoms with van der Waals surface area (Å²) in [5.74, 6) is 0.212. The van der Waals surface area contributed by atoms with Crippen LogP contribution in [0.4, 0.5) is 5.69 Å². The predicted molar refractivity (Wildman–Crippen MR) is 110 cm³/mol. The fraction of sp³-hybridized carbons (Fsp3) is 0.190. The molecule has 136 valence electrons. The summed E-state index contributed by atoms with van der Waals surface area (Å²) in [6.45, 7) is 6.25. The first-order valence-corrected chi connectivity index (χ1v) is 9.75. The molecule has 0 spiro atoms. The van der Waals surface area contributed by atoms with Crippen LogP contribution in [0.5, 0.6) is 0 Å². The first-order valence-electron chi connectivity index (χ1n) is 8.77. The molecule has 0 bridgehead atoms. The fourth-order valence-electron chi connectivity index (χ4n) is 3.20. The van der Waals surface area contributed by atoms with Gasteiger partial charge in [0.1, 0.15) is 0 Å². The monoisotopic (exact) mass is 376 g/mol. The van der Waals surface area contributed by atoms with Gasteiger partial charge >= 0.3 is 0 Å². The molecule has 0 atom stereocenters. The molecular weight excluding hydrogens is 356 g/mol. The van der Waals surface area contributed by atoms with Crippen LogP contribution in [0.15, 0.2) is 53.7 Å². The number of thioether (sulfide) groups is 1. The highest BCUT2D eigenvalue weighted by atomic mass is 32.2. The maximum absolute atomic E-state index is 12.3. The SMILES string of the molecule is Cc1ccc2cc(C)c3nnc(SCC(=O)Nc4ccccc4)n3c2c1C. The number of anilines is 1. The average Bonchev–Trinajstić information content (AvgIpc) is 3.09. The Morgan fingerprint density at radius 1 is 1.04 bits per heavy atom. The fourth-order valence-corrected chi connectivity index (χ4v) is 3.94. The van der Waals surface area contributed by atoms with Crippen LogP contribution in [0.1, 0.15) is 16.7 Å². The van der Waals surface area contributed by atoms with Crippen molar-refractivity contribution in [2.45, 2.75) is 25.9 Å². The van der Waals surface area contributed by atoms with E-state index in [1.807, 2.05) is 37.3 Å². The second-order valence-electron chi connectivity index (χ2n) is 6.62. The van der Waals surface area contributed by atoms with E-state index in [1.165, 1.54) is 22.9 Å². The molecule has 2 aromatic heterocycles. The highest BCUT2D eigenvalue weighted by Crippen LogP contribution is 2.29. The van der Waals surface area contributed by atoms with E-state index in [2.05, 4.69) is 52.0 Å². The smallest absolute Gasteiger partial charge is 0.234 e. The topological polar surface area (TPSA) is 59.3 Å². The van der Waals surface area contributed by atoms with Crippen LogP contribution >= 0.6 is 11.8 Å². The largest absolute Gasteiger partial charge is 0.325 e. The molecule has 1 N–H and O–H groups in total. The zero-order chi connectivity index (χ0) is 19.0. The number of fused-ring (bicyclic) bond motifs is 3. The van der Waals surface area contributed by atoms with Gasteiger partial charge in [-0.3, -0.25) is 9.20 Å². The molecule has 0 saturated heterocycles. The molecule has 0 aliphatic heterocycles. The summed E-state index contributed by atoms with van der Waals surface area (Å²) in [7, 11) is 0. The van der Waals surface area contributed by atoms with Crippen LogP contribution in [-0.4, -0.2) is 26.3 Å². The minimum atomic E-state index is -0.0622. The molecule has 27 heavy (non-hydrogen) atoms. The van der Waals surface area contributed by atoms with Gasteiger partial charge in [-0.2, -0.15) is 0 Å². The Morgan fingerprint density at radius 2 is 1.81 bits per heavy atom. The summed E-state index contributed by atoms with van der Waals surface area (Å²) in [6.07, 6.45) is 0. The van der Waals surface area contributed by atoms with Gasteiger partial charge in [-0.15, -0.1) is 10.2 Å². The number of aryl methyl sites for hydroxylation is 3. The molecular formula is C21H20N4OS. The molecule has 4 rings (SSSR count). The van der Waals surface area contributed by atoms with Gasteiger partial charge in [0.05, 0.1) is 11.3 Å². The molecule has 0 aliphatic carbocycles. The first kappa shape index (κ1) is 17.5. The van der Waals surface area contributed by atoms with Crippen molar-refractivity contribution in [2.24, 2.45) is 0 Å². The lowest BCUT2D eigenvalue weighted by Crippen LogP contribution is -2.14. The normalized spacial score (nSPS) is 11.2. The van der Waals surface area contributed by atoms with Gasteiger partial charge in [0, 0.05) is 5.69 Å². The van der Waals surface area contributed by atoms with Crippen molar-refractivity contribution in [2.75, 3.05) is 11.1 Å². The van der Waals surface area contributed by atoms with E-state index in [0.717, 1.165) is 33.0 Å².